The van der Waals surface area contributed by atoms with E-state index in [9.17, 15) is 4.79 Å². The zero-order valence-corrected chi connectivity index (χ0v) is 9.70. The molecule has 3 N–H and O–H groups in total. The van der Waals surface area contributed by atoms with Crippen LogP contribution in [0.3, 0.4) is 0 Å². The van der Waals surface area contributed by atoms with E-state index in [0.717, 1.165) is 4.88 Å². The summed E-state index contributed by atoms with van der Waals surface area (Å²) in [6.07, 6.45) is 0.433. The summed E-state index contributed by atoms with van der Waals surface area (Å²) in [6.45, 7) is 0. The lowest BCUT2D eigenvalue weighted by Crippen LogP contribution is -2.35. The van der Waals surface area contributed by atoms with Crippen molar-refractivity contribution in [2.75, 3.05) is 14.1 Å². The molecule has 0 spiro atoms. The first-order valence-corrected chi connectivity index (χ1v) is 5.58. The first kappa shape index (κ1) is 12.2. The van der Waals surface area contributed by atoms with E-state index in [1.807, 2.05) is 36.5 Å². The van der Waals surface area contributed by atoms with Crippen molar-refractivity contribution in [2.45, 2.75) is 18.5 Å². The van der Waals surface area contributed by atoms with Gasteiger partial charge in [-0.15, -0.1) is 11.3 Å². The Labute approximate surface area is 93.3 Å². The number of rotatable bonds is 5. The molecule has 84 valence electrons. The van der Waals surface area contributed by atoms with Crippen LogP contribution in [0.2, 0.25) is 0 Å². The smallest absolute Gasteiger partial charge is 0.320 e. The molecule has 0 fully saturated rings. The number of carbonyl (C=O) groups is 1. The standard InChI is InChI=1S/C10H16N2O2S/c1-12(2)8(6-7(11)10(13)14)9-4-3-5-15-9/h3-5,7-8H,6,11H2,1-2H3,(H,13,14). The van der Waals surface area contributed by atoms with E-state index in [0.29, 0.717) is 6.42 Å². The highest BCUT2D eigenvalue weighted by atomic mass is 32.1. The average Bonchev–Trinajstić information content (AvgIpc) is 2.65. The van der Waals surface area contributed by atoms with Crippen LogP contribution in [0.4, 0.5) is 0 Å². The number of nitrogens with zero attached hydrogens (tertiary/aromatic N) is 1. The van der Waals surface area contributed by atoms with Crippen molar-refractivity contribution in [1.29, 1.82) is 0 Å². The van der Waals surface area contributed by atoms with E-state index >= 15 is 0 Å². The second-order valence-electron chi connectivity index (χ2n) is 3.68. The minimum atomic E-state index is -0.946. The van der Waals surface area contributed by atoms with Crippen molar-refractivity contribution in [3.05, 3.63) is 22.4 Å². The van der Waals surface area contributed by atoms with Crippen molar-refractivity contribution in [2.24, 2.45) is 5.73 Å². The molecule has 2 atom stereocenters. The third-order valence-electron chi connectivity index (χ3n) is 2.29. The van der Waals surface area contributed by atoms with Crippen molar-refractivity contribution in [3.63, 3.8) is 0 Å². The highest BCUT2D eigenvalue weighted by Crippen LogP contribution is 2.26. The van der Waals surface area contributed by atoms with Crippen molar-refractivity contribution in [1.82, 2.24) is 4.90 Å². The molecule has 0 bridgehead atoms. The molecule has 1 rings (SSSR count). The summed E-state index contributed by atoms with van der Waals surface area (Å²) >= 11 is 1.62. The van der Waals surface area contributed by atoms with Crippen LogP contribution in [-0.2, 0) is 4.79 Å². The Morgan fingerprint density at radius 3 is 2.73 bits per heavy atom. The van der Waals surface area contributed by atoms with Crippen LogP contribution >= 0.6 is 11.3 Å². The molecule has 4 nitrogen and oxygen atoms in total. The molecule has 5 heteroatoms. The molecule has 2 unspecified atom stereocenters. The van der Waals surface area contributed by atoms with Crippen LogP contribution in [-0.4, -0.2) is 36.1 Å². The van der Waals surface area contributed by atoms with Gasteiger partial charge in [-0.1, -0.05) is 6.07 Å². The molecule has 0 aliphatic carbocycles. The molecular formula is C10H16N2O2S. The van der Waals surface area contributed by atoms with Crippen LogP contribution in [0.1, 0.15) is 17.3 Å². The molecule has 0 amide bonds. The normalized spacial score (nSPS) is 15.2. The summed E-state index contributed by atoms with van der Waals surface area (Å²) < 4.78 is 0. The number of hydrogen-bond donors (Lipinski definition) is 2. The summed E-state index contributed by atoms with van der Waals surface area (Å²) in [7, 11) is 3.86. The summed E-state index contributed by atoms with van der Waals surface area (Å²) in [6, 6.07) is 3.24. The number of carboxylic acid groups (broad SMARTS) is 1. The van der Waals surface area contributed by atoms with E-state index in [1.54, 1.807) is 11.3 Å². The fraction of sp³-hybridized carbons (Fsp3) is 0.500. The molecule has 15 heavy (non-hydrogen) atoms. The molecule has 1 heterocycles. The van der Waals surface area contributed by atoms with Gasteiger partial charge in [-0.05, 0) is 32.0 Å². The van der Waals surface area contributed by atoms with Gasteiger partial charge in [0.25, 0.3) is 0 Å². The maximum atomic E-state index is 10.7. The van der Waals surface area contributed by atoms with Crippen LogP contribution in [0, 0.1) is 0 Å². The molecule has 0 saturated carbocycles. The van der Waals surface area contributed by atoms with Crippen LogP contribution in [0.25, 0.3) is 0 Å². The Hall–Kier alpha value is -0.910. The van der Waals surface area contributed by atoms with E-state index < -0.39 is 12.0 Å². The number of hydrogen-bond acceptors (Lipinski definition) is 4. The van der Waals surface area contributed by atoms with E-state index in [1.165, 1.54) is 0 Å². The zero-order chi connectivity index (χ0) is 11.4. The van der Waals surface area contributed by atoms with Crippen LogP contribution in [0.5, 0.6) is 0 Å². The van der Waals surface area contributed by atoms with Gasteiger partial charge in [0.1, 0.15) is 6.04 Å². The quantitative estimate of drug-likeness (QED) is 0.793. The molecule has 1 aromatic heterocycles. The topological polar surface area (TPSA) is 66.6 Å². The zero-order valence-electron chi connectivity index (χ0n) is 8.88. The van der Waals surface area contributed by atoms with E-state index in [-0.39, 0.29) is 6.04 Å². The maximum absolute atomic E-state index is 10.7. The van der Waals surface area contributed by atoms with Crippen LogP contribution < -0.4 is 5.73 Å². The third-order valence-corrected chi connectivity index (χ3v) is 3.26. The Bertz CT molecular complexity index is 311. The Morgan fingerprint density at radius 1 is 1.67 bits per heavy atom. The minimum absolute atomic E-state index is 0.0797. The number of nitrogens with two attached hydrogens (primary N) is 1. The molecule has 0 saturated heterocycles. The second kappa shape index (κ2) is 5.25. The van der Waals surface area contributed by atoms with Crippen molar-refractivity contribution < 1.29 is 9.90 Å². The highest BCUT2D eigenvalue weighted by Gasteiger charge is 2.22. The minimum Gasteiger partial charge on any atom is -0.480 e. The van der Waals surface area contributed by atoms with Gasteiger partial charge in [-0.3, -0.25) is 4.79 Å². The molecule has 0 radical (unpaired) electrons. The number of thiophene rings is 1. The number of carboxylic acids is 1. The fourth-order valence-corrected chi connectivity index (χ4v) is 2.34. The fourth-order valence-electron chi connectivity index (χ4n) is 1.40. The monoisotopic (exact) mass is 228 g/mol. The SMILES string of the molecule is CN(C)C(CC(N)C(=O)O)c1cccs1. The van der Waals surface area contributed by atoms with Gasteiger partial charge in [0.2, 0.25) is 0 Å². The lowest BCUT2D eigenvalue weighted by Gasteiger charge is -2.24. The largest absolute Gasteiger partial charge is 0.480 e. The average molecular weight is 228 g/mol. The van der Waals surface area contributed by atoms with Crippen LogP contribution in [0.15, 0.2) is 17.5 Å². The highest BCUT2D eigenvalue weighted by molar-refractivity contribution is 7.10. The maximum Gasteiger partial charge on any atom is 0.320 e. The molecule has 0 aliphatic rings. The Balaban J connectivity index is 2.72. The van der Waals surface area contributed by atoms with Gasteiger partial charge in [0, 0.05) is 10.9 Å². The first-order valence-electron chi connectivity index (χ1n) is 4.70. The van der Waals surface area contributed by atoms with Gasteiger partial charge in [-0.2, -0.15) is 0 Å². The van der Waals surface area contributed by atoms with Gasteiger partial charge < -0.3 is 15.7 Å². The van der Waals surface area contributed by atoms with Crippen molar-refractivity contribution in [3.8, 4) is 0 Å². The van der Waals surface area contributed by atoms with Gasteiger partial charge in [0.15, 0.2) is 0 Å². The lowest BCUT2D eigenvalue weighted by molar-refractivity contribution is -0.139. The molecule has 0 aliphatic heterocycles. The number of aliphatic carboxylic acids is 1. The van der Waals surface area contributed by atoms with E-state index in [2.05, 4.69) is 0 Å². The first-order chi connectivity index (χ1) is 7.02. The van der Waals surface area contributed by atoms with Gasteiger partial charge in [-0.25, -0.2) is 0 Å². The summed E-state index contributed by atoms with van der Waals surface area (Å²) in [5, 5.41) is 10.8. The third kappa shape index (κ3) is 3.30. The Morgan fingerprint density at radius 2 is 2.33 bits per heavy atom. The lowest BCUT2D eigenvalue weighted by atomic mass is 10.1. The Kier molecular flexibility index (Phi) is 4.26. The predicted octanol–water partition coefficient (Wildman–Crippen LogP) is 1.15. The van der Waals surface area contributed by atoms with Crippen molar-refractivity contribution >= 4 is 17.3 Å². The summed E-state index contributed by atoms with van der Waals surface area (Å²) in [4.78, 5) is 13.8. The van der Waals surface area contributed by atoms with E-state index in [4.69, 9.17) is 10.8 Å². The molecule has 0 aromatic carbocycles. The molecular weight excluding hydrogens is 212 g/mol. The summed E-state index contributed by atoms with van der Waals surface area (Å²) in [5.41, 5.74) is 5.54. The van der Waals surface area contributed by atoms with Gasteiger partial charge >= 0.3 is 5.97 Å². The van der Waals surface area contributed by atoms with Gasteiger partial charge in [0.05, 0.1) is 0 Å². The summed E-state index contributed by atoms with van der Waals surface area (Å²) in [5.74, 6) is -0.946. The second-order valence-corrected chi connectivity index (χ2v) is 4.65. The predicted molar refractivity (Wildman–Crippen MR) is 61.0 cm³/mol. The molecule has 1 aromatic rings.